The summed E-state index contributed by atoms with van der Waals surface area (Å²) in [7, 11) is 1.38. The van der Waals surface area contributed by atoms with Crippen LogP contribution in [0.1, 0.15) is 32.8 Å². The molecule has 0 N–H and O–H groups in total. The van der Waals surface area contributed by atoms with Crippen molar-refractivity contribution < 1.29 is 24.0 Å². The Morgan fingerprint density at radius 1 is 1.17 bits per heavy atom. The van der Waals surface area contributed by atoms with Crippen molar-refractivity contribution in [3.8, 4) is 11.5 Å². The zero-order valence-corrected chi connectivity index (χ0v) is 17.2. The van der Waals surface area contributed by atoms with Crippen LogP contribution in [0.15, 0.2) is 29.4 Å². The van der Waals surface area contributed by atoms with Gasteiger partial charge in [-0.05, 0) is 45.1 Å². The average Bonchev–Trinajstić information content (AvgIpc) is 3.34. The molecule has 30 heavy (non-hydrogen) atoms. The number of hydrazone groups is 1. The first-order valence-electron chi connectivity index (χ1n) is 9.76. The molecule has 4 rings (SSSR count). The van der Waals surface area contributed by atoms with Crippen molar-refractivity contribution in [3.63, 3.8) is 0 Å². The Bertz CT molecular complexity index is 963. The summed E-state index contributed by atoms with van der Waals surface area (Å²) in [4.78, 5) is 36.5. The van der Waals surface area contributed by atoms with Crippen LogP contribution >= 0.6 is 0 Å². The highest BCUT2D eigenvalue weighted by Crippen LogP contribution is 2.52. The van der Waals surface area contributed by atoms with Crippen molar-refractivity contribution in [1.29, 1.82) is 0 Å². The summed E-state index contributed by atoms with van der Waals surface area (Å²) in [6, 6.07) is 2.80. The van der Waals surface area contributed by atoms with Crippen LogP contribution in [0.25, 0.3) is 0 Å². The van der Waals surface area contributed by atoms with Gasteiger partial charge in [0.15, 0.2) is 5.75 Å². The number of nitro groups is 1. The molecule has 0 aromatic heterocycles. The predicted molar refractivity (Wildman–Crippen MR) is 107 cm³/mol. The van der Waals surface area contributed by atoms with Crippen molar-refractivity contribution in [1.82, 2.24) is 5.01 Å². The topological polar surface area (TPSA) is 111 Å². The lowest BCUT2D eigenvalue weighted by Crippen LogP contribution is -2.28. The first-order chi connectivity index (χ1) is 14.1. The second-order valence-electron chi connectivity index (χ2n) is 8.78. The number of allylic oxidation sites excluding steroid dienone is 2. The van der Waals surface area contributed by atoms with Crippen molar-refractivity contribution in [2.75, 3.05) is 7.11 Å². The molecule has 2 amide bonds. The Labute approximate surface area is 173 Å². The summed E-state index contributed by atoms with van der Waals surface area (Å²) in [5, 5.41) is 16.6. The molecule has 2 aliphatic carbocycles. The summed E-state index contributed by atoms with van der Waals surface area (Å²) >= 11 is 0. The summed E-state index contributed by atoms with van der Waals surface area (Å²) in [6.45, 7) is 5.32. The highest BCUT2D eigenvalue weighted by atomic mass is 16.6. The van der Waals surface area contributed by atoms with E-state index in [1.807, 2.05) is 12.2 Å². The third kappa shape index (κ3) is 3.24. The molecule has 158 valence electrons. The Kier molecular flexibility index (Phi) is 4.63. The smallest absolute Gasteiger partial charge is 0.315 e. The van der Waals surface area contributed by atoms with E-state index in [0.717, 1.165) is 11.4 Å². The fourth-order valence-electron chi connectivity index (χ4n) is 4.50. The molecular weight excluding hydrogens is 390 g/mol. The highest BCUT2D eigenvalue weighted by molar-refractivity contribution is 6.06. The molecule has 3 aliphatic rings. The Morgan fingerprint density at radius 2 is 1.77 bits per heavy atom. The number of benzene rings is 1. The van der Waals surface area contributed by atoms with Gasteiger partial charge in [0, 0.05) is 11.6 Å². The molecule has 0 spiro atoms. The van der Waals surface area contributed by atoms with E-state index in [1.54, 1.807) is 20.8 Å². The number of nitrogens with zero attached hydrogens (tertiary/aromatic N) is 3. The monoisotopic (exact) mass is 413 g/mol. The van der Waals surface area contributed by atoms with Crippen LogP contribution in [-0.2, 0) is 9.59 Å². The van der Waals surface area contributed by atoms with E-state index in [2.05, 4.69) is 5.10 Å². The van der Waals surface area contributed by atoms with Crippen molar-refractivity contribution >= 4 is 23.7 Å². The van der Waals surface area contributed by atoms with Gasteiger partial charge in [-0.2, -0.15) is 10.1 Å². The summed E-state index contributed by atoms with van der Waals surface area (Å²) in [5.41, 5.74) is -0.643. The first-order valence-corrected chi connectivity index (χ1v) is 9.76. The number of methoxy groups -OCH3 is 1. The number of ether oxygens (including phenoxy) is 2. The Morgan fingerprint density at radius 3 is 2.27 bits per heavy atom. The van der Waals surface area contributed by atoms with Crippen LogP contribution in [0.5, 0.6) is 11.5 Å². The van der Waals surface area contributed by atoms with E-state index >= 15 is 0 Å². The maximum atomic E-state index is 12.7. The Balaban J connectivity index is 1.64. The van der Waals surface area contributed by atoms with Crippen LogP contribution in [0, 0.1) is 33.8 Å². The summed E-state index contributed by atoms with van der Waals surface area (Å²) in [5.74, 6) is -0.971. The van der Waals surface area contributed by atoms with Gasteiger partial charge in [0.2, 0.25) is 5.75 Å². The van der Waals surface area contributed by atoms with Crippen LogP contribution in [0.3, 0.4) is 0 Å². The van der Waals surface area contributed by atoms with E-state index in [-0.39, 0.29) is 52.7 Å². The molecule has 1 aliphatic heterocycles. The molecule has 1 saturated carbocycles. The lowest BCUT2D eigenvalue weighted by molar-refractivity contribution is -0.386. The molecule has 1 saturated heterocycles. The maximum Gasteiger partial charge on any atom is 0.315 e. The molecule has 9 nitrogen and oxygen atoms in total. The minimum absolute atomic E-state index is 0.0117. The quantitative estimate of drug-likeness (QED) is 0.241. The Hall–Kier alpha value is -3.23. The molecule has 2 fully saturated rings. The number of amides is 2. The van der Waals surface area contributed by atoms with Gasteiger partial charge in [0.1, 0.15) is 5.60 Å². The number of hydrogen-bond acceptors (Lipinski definition) is 7. The fourth-order valence-corrected chi connectivity index (χ4v) is 4.50. The second-order valence-corrected chi connectivity index (χ2v) is 8.78. The van der Waals surface area contributed by atoms with E-state index in [4.69, 9.17) is 9.47 Å². The van der Waals surface area contributed by atoms with Gasteiger partial charge in [-0.3, -0.25) is 19.7 Å². The lowest BCUT2D eigenvalue weighted by atomic mass is 9.85. The van der Waals surface area contributed by atoms with Gasteiger partial charge >= 0.3 is 5.69 Å². The third-order valence-electron chi connectivity index (χ3n) is 5.65. The van der Waals surface area contributed by atoms with Gasteiger partial charge in [-0.1, -0.05) is 12.2 Å². The highest BCUT2D eigenvalue weighted by Gasteiger charge is 2.59. The zero-order valence-electron chi connectivity index (χ0n) is 17.2. The van der Waals surface area contributed by atoms with Crippen molar-refractivity contribution in [2.45, 2.75) is 32.8 Å². The molecule has 1 heterocycles. The molecule has 4 atom stereocenters. The summed E-state index contributed by atoms with van der Waals surface area (Å²) < 4.78 is 11.0. The normalized spacial score (nSPS) is 27.3. The van der Waals surface area contributed by atoms with Crippen LogP contribution in [0.2, 0.25) is 0 Å². The number of carbonyl (C=O) groups excluding carboxylic acids is 2. The number of fused-ring (bicyclic) bond motifs is 5. The molecule has 0 radical (unpaired) electrons. The van der Waals surface area contributed by atoms with Crippen LogP contribution in [-0.4, -0.2) is 40.7 Å². The second kappa shape index (κ2) is 6.93. The molecule has 1 aromatic rings. The van der Waals surface area contributed by atoms with Gasteiger partial charge < -0.3 is 9.47 Å². The van der Waals surface area contributed by atoms with Crippen LogP contribution < -0.4 is 9.47 Å². The van der Waals surface area contributed by atoms with Crippen molar-refractivity contribution in [2.24, 2.45) is 28.8 Å². The number of nitro benzene ring substituents is 1. The SMILES string of the molecule is COc1cc(C=NN2C(=O)C3C4C=CC(C4)C3C2=O)cc([N+](=O)[O-])c1OC(C)(C)C. The molecule has 1 aromatic carbocycles. The summed E-state index contributed by atoms with van der Waals surface area (Å²) in [6.07, 6.45) is 6.12. The largest absolute Gasteiger partial charge is 0.493 e. The van der Waals surface area contributed by atoms with Gasteiger partial charge in [0.25, 0.3) is 11.8 Å². The van der Waals surface area contributed by atoms with E-state index in [9.17, 15) is 19.7 Å². The maximum absolute atomic E-state index is 12.7. The van der Waals surface area contributed by atoms with Crippen molar-refractivity contribution in [3.05, 3.63) is 40.0 Å². The van der Waals surface area contributed by atoms with E-state index in [1.165, 1.54) is 25.5 Å². The number of imide groups is 1. The number of hydrogen-bond donors (Lipinski definition) is 0. The zero-order chi connectivity index (χ0) is 21.8. The van der Waals surface area contributed by atoms with Gasteiger partial charge in [-0.15, -0.1) is 0 Å². The predicted octanol–water partition coefficient (Wildman–Crippen LogP) is 2.92. The van der Waals surface area contributed by atoms with Gasteiger partial charge in [0.05, 0.1) is 30.1 Å². The first kappa shape index (κ1) is 20.1. The lowest BCUT2D eigenvalue weighted by Gasteiger charge is -2.22. The molecule has 9 heteroatoms. The number of rotatable bonds is 5. The van der Waals surface area contributed by atoms with Gasteiger partial charge in [-0.25, -0.2) is 0 Å². The average molecular weight is 413 g/mol. The fraction of sp³-hybridized carbons (Fsp3) is 0.476. The third-order valence-corrected chi connectivity index (χ3v) is 5.65. The van der Waals surface area contributed by atoms with E-state index in [0.29, 0.717) is 5.56 Å². The minimum atomic E-state index is -0.673. The minimum Gasteiger partial charge on any atom is -0.493 e. The van der Waals surface area contributed by atoms with E-state index < -0.39 is 10.5 Å². The molecule has 4 unspecified atom stereocenters. The molecular formula is C21H23N3O6. The standard InChI is InChI=1S/C21H23N3O6/c1-21(2,3)30-18-14(24(27)28)7-11(8-15(18)29-4)10-22-23-19(25)16-12-5-6-13(9-12)17(16)20(23)26/h5-8,10,12-13,16-17H,9H2,1-4H3. The number of carbonyl (C=O) groups is 2. The van der Waals surface area contributed by atoms with Crippen LogP contribution in [0.4, 0.5) is 5.69 Å². The molecule has 2 bridgehead atoms.